The molecule has 0 aliphatic rings. The third kappa shape index (κ3) is 3.77. The van der Waals surface area contributed by atoms with Gasteiger partial charge in [-0.15, -0.1) is 11.6 Å². The standard InChI is InChI=1S/C12H19ClN2O2/c1-16-11-6-5-9(8-12(11)17-2)10(15-14)4-3-7-13/h5-6,8,10,15H,3-4,7,14H2,1-2H3. The number of hydrogen-bond donors (Lipinski definition) is 2. The molecule has 0 aliphatic carbocycles. The van der Waals surface area contributed by atoms with E-state index in [0.29, 0.717) is 17.4 Å². The summed E-state index contributed by atoms with van der Waals surface area (Å²) in [6.45, 7) is 0. The van der Waals surface area contributed by atoms with Gasteiger partial charge in [0.2, 0.25) is 0 Å². The van der Waals surface area contributed by atoms with Gasteiger partial charge in [-0.25, -0.2) is 0 Å². The summed E-state index contributed by atoms with van der Waals surface area (Å²) in [6, 6.07) is 5.85. The van der Waals surface area contributed by atoms with E-state index in [1.54, 1.807) is 14.2 Å². The van der Waals surface area contributed by atoms with Gasteiger partial charge in [0.1, 0.15) is 0 Å². The molecule has 1 aromatic carbocycles. The molecule has 0 aliphatic heterocycles. The third-order valence-electron chi connectivity index (χ3n) is 2.64. The van der Waals surface area contributed by atoms with E-state index in [1.807, 2.05) is 18.2 Å². The highest BCUT2D eigenvalue weighted by molar-refractivity contribution is 6.17. The number of ether oxygens (including phenoxy) is 2. The number of methoxy groups -OCH3 is 2. The van der Waals surface area contributed by atoms with E-state index in [4.69, 9.17) is 26.9 Å². The van der Waals surface area contributed by atoms with Gasteiger partial charge in [0.25, 0.3) is 0 Å². The average molecular weight is 259 g/mol. The van der Waals surface area contributed by atoms with Crippen LogP contribution in [-0.2, 0) is 0 Å². The van der Waals surface area contributed by atoms with Crippen molar-refractivity contribution in [3.05, 3.63) is 23.8 Å². The van der Waals surface area contributed by atoms with Gasteiger partial charge in [-0.1, -0.05) is 6.07 Å². The summed E-state index contributed by atoms with van der Waals surface area (Å²) in [6.07, 6.45) is 1.79. The van der Waals surface area contributed by atoms with E-state index < -0.39 is 0 Å². The Balaban J connectivity index is 2.88. The van der Waals surface area contributed by atoms with Crippen LogP contribution in [0.25, 0.3) is 0 Å². The molecule has 0 fully saturated rings. The predicted molar refractivity (Wildman–Crippen MR) is 69.6 cm³/mol. The molecule has 4 nitrogen and oxygen atoms in total. The Bertz CT molecular complexity index is 347. The lowest BCUT2D eigenvalue weighted by atomic mass is 10.0. The second kappa shape index (κ2) is 7.37. The summed E-state index contributed by atoms with van der Waals surface area (Å²) in [5, 5.41) is 0. The molecular weight excluding hydrogens is 240 g/mol. The number of hydrazine groups is 1. The second-order valence-electron chi connectivity index (χ2n) is 3.66. The molecule has 0 amide bonds. The van der Waals surface area contributed by atoms with Crippen LogP contribution in [0.15, 0.2) is 18.2 Å². The van der Waals surface area contributed by atoms with E-state index in [1.165, 1.54) is 0 Å². The maximum absolute atomic E-state index is 5.68. The molecule has 0 aromatic heterocycles. The zero-order chi connectivity index (χ0) is 12.7. The van der Waals surface area contributed by atoms with Gasteiger partial charge in [0.15, 0.2) is 11.5 Å². The Morgan fingerprint density at radius 2 is 2.00 bits per heavy atom. The monoisotopic (exact) mass is 258 g/mol. The topological polar surface area (TPSA) is 56.5 Å². The number of benzene rings is 1. The first kappa shape index (κ1) is 14.1. The molecule has 3 N–H and O–H groups in total. The second-order valence-corrected chi connectivity index (χ2v) is 4.04. The number of nitrogens with two attached hydrogens (primary N) is 1. The molecule has 96 valence electrons. The number of alkyl halides is 1. The van der Waals surface area contributed by atoms with Crippen molar-refractivity contribution in [1.29, 1.82) is 0 Å². The van der Waals surface area contributed by atoms with Gasteiger partial charge in [-0.3, -0.25) is 11.3 Å². The molecule has 0 radical (unpaired) electrons. The summed E-state index contributed by atoms with van der Waals surface area (Å²) in [7, 11) is 3.23. The van der Waals surface area contributed by atoms with Gasteiger partial charge >= 0.3 is 0 Å². The van der Waals surface area contributed by atoms with Crippen LogP contribution in [0.5, 0.6) is 11.5 Å². The van der Waals surface area contributed by atoms with Crippen LogP contribution >= 0.6 is 11.6 Å². The van der Waals surface area contributed by atoms with Crippen LogP contribution in [0.3, 0.4) is 0 Å². The van der Waals surface area contributed by atoms with Crippen LogP contribution in [-0.4, -0.2) is 20.1 Å². The van der Waals surface area contributed by atoms with Gasteiger partial charge in [-0.2, -0.15) is 0 Å². The van der Waals surface area contributed by atoms with Gasteiger partial charge in [-0.05, 0) is 30.5 Å². The predicted octanol–water partition coefficient (Wildman–Crippen LogP) is 2.23. The van der Waals surface area contributed by atoms with E-state index >= 15 is 0 Å². The first-order valence-electron chi connectivity index (χ1n) is 5.50. The number of hydrogen-bond acceptors (Lipinski definition) is 4. The fourth-order valence-corrected chi connectivity index (χ4v) is 1.85. The van der Waals surface area contributed by atoms with Gasteiger partial charge < -0.3 is 9.47 Å². The summed E-state index contributed by atoms with van der Waals surface area (Å²) in [4.78, 5) is 0. The molecule has 17 heavy (non-hydrogen) atoms. The summed E-state index contributed by atoms with van der Waals surface area (Å²) in [5.74, 6) is 7.59. The van der Waals surface area contributed by atoms with Crippen molar-refractivity contribution in [2.24, 2.45) is 5.84 Å². The molecule has 0 heterocycles. The number of halogens is 1. The van der Waals surface area contributed by atoms with Crippen LogP contribution < -0.4 is 20.7 Å². The quantitative estimate of drug-likeness (QED) is 0.447. The highest BCUT2D eigenvalue weighted by atomic mass is 35.5. The maximum Gasteiger partial charge on any atom is 0.161 e. The normalized spacial score (nSPS) is 12.2. The van der Waals surface area contributed by atoms with Gasteiger partial charge in [0.05, 0.1) is 14.2 Å². The third-order valence-corrected chi connectivity index (χ3v) is 2.90. The molecule has 5 heteroatoms. The van der Waals surface area contributed by atoms with E-state index in [-0.39, 0.29) is 6.04 Å². The average Bonchev–Trinajstić information content (AvgIpc) is 2.39. The SMILES string of the molecule is COc1ccc(C(CCCCl)NN)cc1OC. The molecule has 1 aromatic rings. The van der Waals surface area contributed by atoms with E-state index in [2.05, 4.69) is 5.43 Å². The van der Waals surface area contributed by atoms with Crippen molar-refractivity contribution in [2.45, 2.75) is 18.9 Å². The molecule has 0 saturated carbocycles. The highest BCUT2D eigenvalue weighted by Crippen LogP contribution is 2.30. The van der Waals surface area contributed by atoms with Crippen molar-refractivity contribution in [3.8, 4) is 11.5 Å². The van der Waals surface area contributed by atoms with Crippen molar-refractivity contribution >= 4 is 11.6 Å². The van der Waals surface area contributed by atoms with Crippen molar-refractivity contribution in [3.63, 3.8) is 0 Å². The number of nitrogens with one attached hydrogen (secondary N) is 1. The minimum absolute atomic E-state index is 0.0774. The van der Waals surface area contributed by atoms with Crippen LogP contribution in [0.1, 0.15) is 24.4 Å². The van der Waals surface area contributed by atoms with Crippen molar-refractivity contribution in [1.82, 2.24) is 5.43 Å². The summed E-state index contributed by atoms with van der Waals surface area (Å²) >= 11 is 5.68. The zero-order valence-electron chi connectivity index (χ0n) is 10.2. The highest BCUT2D eigenvalue weighted by Gasteiger charge is 2.12. The smallest absolute Gasteiger partial charge is 0.161 e. The molecule has 0 saturated heterocycles. The van der Waals surface area contributed by atoms with Crippen LogP contribution in [0.4, 0.5) is 0 Å². The Morgan fingerprint density at radius 3 is 2.53 bits per heavy atom. The molecule has 0 bridgehead atoms. The van der Waals surface area contributed by atoms with Crippen molar-refractivity contribution < 1.29 is 9.47 Å². The fraction of sp³-hybridized carbons (Fsp3) is 0.500. The van der Waals surface area contributed by atoms with Crippen LogP contribution in [0, 0.1) is 0 Å². The van der Waals surface area contributed by atoms with Gasteiger partial charge in [0, 0.05) is 11.9 Å². The van der Waals surface area contributed by atoms with E-state index in [0.717, 1.165) is 18.4 Å². The minimum atomic E-state index is 0.0774. The molecule has 0 spiro atoms. The Morgan fingerprint density at radius 1 is 1.29 bits per heavy atom. The van der Waals surface area contributed by atoms with Crippen molar-refractivity contribution in [2.75, 3.05) is 20.1 Å². The Kier molecular flexibility index (Phi) is 6.11. The lowest BCUT2D eigenvalue weighted by Gasteiger charge is -2.17. The van der Waals surface area contributed by atoms with Crippen LogP contribution in [0.2, 0.25) is 0 Å². The first-order chi connectivity index (χ1) is 8.26. The molecular formula is C12H19ClN2O2. The maximum atomic E-state index is 5.68. The molecule has 1 unspecified atom stereocenters. The minimum Gasteiger partial charge on any atom is -0.493 e. The summed E-state index contributed by atoms with van der Waals surface area (Å²) in [5.41, 5.74) is 3.85. The van der Waals surface area contributed by atoms with E-state index in [9.17, 15) is 0 Å². The largest absolute Gasteiger partial charge is 0.493 e. The summed E-state index contributed by atoms with van der Waals surface area (Å²) < 4.78 is 10.4. The number of rotatable bonds is 7. The Labute approximate surface area is 107 Å². The molecule has 1 rings (SSSR count). The first-order valence-corrected chi connectivity index (χ1v) is 6.04. The molecule has 1 atom stereocenters. The fourth-order valence-electron chi connectivity index (χ4n) is 1.70. The Hall–Kier alpha value is -0.970. The zero-order valence-corrected chi connectivity index (χ0v) is 11.0. The lowest BCUT2D eigenvalue weighted by Crippen LogP contribution is -2.28. The lowest BCUT2D eigenvalue weighted by molar-refractivity contribution is 0.353.